The fourth-order valence-corrected chi connectivity index (χ4v) is 6.04. The molecule has 6 nitrogen and oxygen atoms in total. The molecule has 1 aliphatic carbocycles. The molecule has 3 aliphatic rings. The number of likely N-dealkylation sites (tertiary alicyclic amines) is 1. The monoisotopic (exact) mass is 394 g/mol. The molecule has 0 N–H and O–H groups in total. The maximum absolute atomic E-state index is 13.5. The summed E-state index contributed by atoms with van der Waals surface area (Å²) < 4.78 is 40.5. The normalized spacial score (nSPS) is 28.5. The van der Waals surface area contributed by atoms with E-state index in [2.05, 4.69) is 4.90 Å². The molecule has 2 atom stereocenters. The Morgan fingerprint density at radius 2 is 1.93 bits per heavy atom. The van der Waals surface area contributed by atoms with Crippen LogP contribution in [0.2, 0.25) is 0 Å². The first kappa shape index (κ1) is 19.2. The van der Waals surface area contributed by atoms with Gasteiger partial charge in [0.2, 0.25) is 10.0 Å². The number of benzene rings is 1. The summed E-state index contributed by atoms with van der Waals surface area (Å²) in [4.78, 5) is 2.70. The molecule has 150 valence electrons. The Kier molecular flexibility index (Phi) is 5.73. The standard InChI is InChI=1S/C20H30N2O4S/c1-2-25-14-13-21-11-9-17-18(10-12-21)26-19-5-3-4-6-20(19)27(23,24)22(17)15-16-7-8-16/h3-6,16-18H,2,7-15H2,1H3/t17-,18-/m1/s1. The van der Waals surface area contributed by atoms with E-state index in [1.54, 1.807) is 22.5 Å². The fraction of sp³-hybridized carbons (Fsp3) is 0.700. The Balaban J connectivity index is 1.60. The van der Waals surface area contributed by atoms with Crippen LogP contribution in [0.5, 0.6) is 5.75 Å². The van der Waals surface area contributed by atoms with Gasteiger partial charge in [-0.3, -0.25) is 0 Å². The van der Waals surface area contributed by atoms with E-state index in [1.165, 1.54) is 0 Å². The third-order valence-corrected chi connectivity index (χ3v) is 7.81. The summed E-state index contributed by atoms with van der Waals surface area (Å²) in [6.45, 7) is 6.76. The zero-order chi connectivity index (χ0) is 18.9. The molecular weight excluding hydrogens is 364 g/mol. The third kappa shape index (κ3) is 4.16. The van der Waals surface area contributed by atoms with Crippen LogP contribution in [-0.2, 0) is 14.8 Å². The van der Waals surface area contributed by atoms with E-state index in [0.29, 0.717) is 23.1 Å². The maximum atomic E-state index is 13.5. The highest BCUT2D eigenvalue weighted by Crippen LogP contribution is 2.39. The number of fused-ring (bicyclic) bond motifs is 2. The maximum Gasteiger partial charge on any atom is 0.247 e. The van der Waals surface area contributed by atoms with E-state index in [0.717, 1.165) is 58.5 Å². The predicted molar refractivity (Wildman–Crippen MR) is 103 cm³/mol. The largest absolute Gasteiger partial charge is 0.487 e. The van der Waals surface area contributed by atoms with Crippen molar-refractivity contribution in [2.24, 2.45) is 5.92 Å². The van der Waals surface area contributed by atoms with Gasteiger partial charge in [0.1, 0.15) is 16.7 Å². The number of nitrogens with zero attached hydrogens (tertiary/aromatic N) is 2. The quantitative estimate of drug-likeness (QED) is 0.693. The second kappa shape index (κ2) is 8.07. The molecule has 4 rings (SSSR count). The van der Waals surface area contributed by atoms with Gasteiger partial charge < -0.3 is 14.4 Å². The van der Waals surface area contributed by atoms with Gasteiger partial charge in [0.15, 0.2) is 0 Å². The third-order valence-electron chi connectivity index (χ3n) is 5.88. The molecule has 7 heteroatoms. The van der Waals surface area contributed by atoms with Crippen LogP contribution in [0.15, 0.2) is 29.2 Å². The average molecular weight is 395 g/mol. The zero-order valence-electron chi connectivity index (χ0n) is 16.0. The van der Waals surface area contributed by atoms with Crippen molar-refractivity contribution < 1.29 is 17.9 Å². The van der Waals surface area contributed by atoms with E-state index in [-0.39, 0.29) is 12.1 Å². The van der Waals surface area contributed by atoms with Crippen molar-refractivity contribution in [1.82, 2.24) is 9.21 Å². The Morgan fingerprint density at radius 3 is 2.70 bits per heavy atom. The van der Waals surface area contributed by atoms with Crippen LogP contribution >= 0.6 is 0 Å². The molecule has 1 aromatic carbocycles. The van der Waals surface area contributed by atoms with Gasteiger partial charge in [0.05, 0.1) is 12.6 Å². The number of ether oxygens (including phenoxy) is 2. The van der Waals surface area contributed by atoms with E-state index < -0.39 is 10.0 Å². The minimum Gasteiger partial charge on any atom is -0.487 e. The van der Waals surface area contributed by atoms with E-state index in [4.69, 9.17) is 9.47 Å². The van der Waals surface area contributed by atoms with Crippen LogP contribution in [0.3, 0.4) is 0 Å². The van der Waals surface area contributed by atoms with Gasteiger partial charge in [0, 0.05) is 26.2 Å². The van der Waals surface area contributed by atoms with Gasteiger partial charge in [-0.05, 0) is 57.2 Å². The summed E-state index contributed by atoms with van der Waals surface area (Å²) in [7, 11) is -3.53. The molecule has 2 fully saturated rings. The minimum atomic E-state index is -3.53. The molecule has 0 radical (unpaired) electrons. The lowest BCUT2D eigenvalue weighted by Crippen LogP contribution is -2.48. The van der Waals surface area contributed by atoms with E-state index in [9.17, 15) is 8.42 Å². The molecule has 1 saturated heterocycles. The van der Waals surface area contributed by atoms with Crippen LogP contribution in [0.4, 0.5) is 0 Å². The molecular formula is C20H30N2O4S. The summed E-state index contributed by atoms with van der Waals surface area (Å²) >= 11 is 0. The number of rotatable bonds is 6. The van der Waals surface area contributed by atoms with Crippen molar-refractivity contribution in [3.8, 4) is 5.75 Å². The molecule has 0 bridgehead atoms. The first-order valence-electron chi connectivity index (χ1n) is 10.2. The first-order valence-corrected chi connectivity index (χ1v) is 11.6. The van der Waals surface area contributed by atoms with E-state index >= 15 is 0 Å². The number of hydrogen-bond donors (Lipinski definition) is 0. The Hall–Kier alpha value is -1.15. The number of hydrogen-bond acceptors (Lipinski definition) is 5. The van der Waals surface area contributed by atoms with Gasteiger partial charge in [-0.15, -0.1) is 0 Å². The molecule has 0 spiro atoms. The number of sulfonamides is 1. The lowest BCUT2D eigenvalue weighted by molar-refractivity contribution is 0.107. The highest BCUT2D eigenvalue weighted by atomic mass is 32.2. The van der Waals surface area contributed by atoms with Crippen molar-refractivity contribution in [3.05, 3.63) is 24.3 Å². The highest BCUT2D eigenvalue weighted by molar-refractivity contribution is 7.89. The first-order chi connectivity index (χ1) is 13.1. The van der Waals surface area contributed by atoms with Crippen molar-refractivity contribution in [1.29, 1.82) is 0 Å². The van der Waals surface area contributed by atoms with Gasteiger partial charge in [-0.1, -0.05) is 12.1 Å². The lowest BCUT2D eigenvalue weighted by atomic mass is 10.1. The summed E-state index contributed by atoms with van der Waals surface area (Å²) in [6, 6.07) is 7.02. The van der Waals surface area contributed by atoms with E-state index in [1.807, 2.05) is 13.0 Å². The predicted octanol–water partition coefficient (Wildman–Crippen LogP) is 2.35. The van der Waals surface area contributed by atoms with Gasteiger partial charge in [-0.2, -0.15) is 4.31 Å². The van der Waals surface area contributed by atoms with Crippen molar-refractivity contribution in [2.45, 2.75) is 49.6 Å². The van der Waals surface area contributed by atoms with Crippen molar-refractivity contribution in [3.63, 3.8) is 0 Å². The Labute approximate surface area is 162 Å². The molecule has 2 heterocycles. The van der Waals surface area contributed by atoms with Crippen LogP contribution in [0, 0.1) is 5.92 Å². The molecule has 0 aromatic heterocycles. The zero-order valence-corrected chi connectivity index (χ0v) is 16.9. The molecule has 0 unspecified atom stereocenters. The Morgan fingerprint density at radius 1 is 1.15 bits per heavy atom. The van der Waals surface area contributed by atoms with Gasteiger partial charge >= 0.3 is 0 Å². The van der Waals surface area contributed by atoms with Crippen molar-refractivity contribution >= 4 is 10.0 Å². The fourth-order valence-electron chi connectivity index (χ4n) is 4.16. The molecule has 1 saturated carbocycles. The Bertz CT molecular complexity index is 750. The van der Waals surface area contributed by atoms with Crippen LogP contribution in [0.25, 0.3) is 0 Å². The van der Waals surface area contributed by atoms with Crippen LogP contribution < -0.4 is 4.74 Å². The minimum absolute atomic E-state index is 0.0971. The second-order valence-electron chi connectivity index (χ2n) is 7.80. The van der Waals surface area contributed by atoms with Crippen LogP contribution in [-0.4, -0.2) is 69.2 Å². The second-order valence-corrected chi connectivity index (χ2v) is 9.66. The summed E-state index contributed by atoms with van der Waals surface area (Å²) in [5.74, 6) is 1.01. The number of para-hydroxylation sites is 1. The summed E-state index contributed by atoms with van der Waals surface area (Å²) in [6.07, 6.45) is 3.80. The van der Waals surface area contributed by atoms with Gasteiger partial charge in [0.25, 0.3) is 0 Å². The smallest absolute Gasteiger partial charge is 0.247 e. The summed E-state index contributed by atoms with van der Waals surface area (Å²) in [5.41, 5.74) is 0. The molecule has 2 aliphatic heterocycles. The topological polar surface area (TPSA) is 59.1 Å². The van der Waals surface area contributed by atoms with Crippen molar-refractivity contribution in [2.75, 3.05) is 39.4 Å². The summed E-state index contributed by atoms with van der Waals surface area (Å²) in [5, 5.41) is 0. The average Bonchev–Trinajstić information content (AvgIpc) is 3.49. The molecule has 1 aromatic rings. The lowest BCUT2D eigenvalue weighted by Gasteiger charge is -2.31. The SMILES string of the molecule is CCOCCN1CC[C@@H]2[C@@H](CC1)Oc1ccccc1S(=O)(=O)N2CC1CC1. The highest BCUT2D eigenvalue weighted by Gasteiger charge is 2.45. The molecule has 27 heavy (non-hydrogen) atoms. The van der Waals surface area contributed by atoms with Crippen LogP contribution in [0.1, 0.15) is 32.6 Å². The molecule has 0 amide bonds. The van der Waals surface area contributed by atoms with Gasteiger partial charge in [-0.25, -0.2) is 8.42 Å².